The van der Waals surface area contributed by atoms with E-state index in [2.05, 4.69) is 25.3 Å². The molecule has 2 rings (SSSR count). The Kier molecular flexibility index (Phi) is 3.92. The molecule has 98 valence electrons. The van der Waals surface area contributed by atoms with Gasteiger partial charge < -0.3 is 15.4 Å². The number of aromatic nitrogens is 2. The number of anilines is 3. The van der Waals surface area contributed by atoms with Gasteiger partial charge in [0, 0.05) is 18.8 Å². The van der Waals surface area contributed by atoms with Gasteiger partial charge in [-0.25, -0.2) is 14.8 Å². The van der Waals surface area contributed by atoms with Crippen LogP contribution in [0.3, 0.4) is 0 Å². The largest absolute Gasteiger partial charge is 0.465 e. The van der Waals surface area contributed by atoms with Crippen molar-refractivity contribution in [2.75, 3.05) is 24.8 Å². The number of methoxy groups -OCH3 is 1. The fourth-order valence-electron chi connectivity index (χ4n) is 1.52. The van der Waals surface area contributed by atoms with Gasteiger partial charge in [0.2, 0.25) is 0 Å². The van der Waals surface area contributed by atoms with Gasteiger partial charge in [0.1, 0.15) is 18.0 Å². The molecular weight excluding hydrogens is 244 g/mol. The molecule has 1 aromatic heterocycles. The van der Waals surface area contributed by atoms with Crippen molar-refractivity contribution in [3.63, 3.8) is 0 Å². The van der Waals surface area contributed by atoms with Crippen molar-refractivity contribution >= 4 is 23.3 Å². The molecule has 0 aliphatic rings. The Morgan fingerprint density at radius 1 is 1.16 bits per heavy atom. The number of carbonyl (C=O) groups excluding carboxylic acids is 1. The predicted octanol–water partition coefficient (Wildman–Crippen LogP) is 2.05. The average molecular weight is 258 g/mol. The van der Waals surface area contributed by atoms with E-state index in [4.69, 9.17) is 0 Å². The van der Waals surface area contributed by atoms with Crippen molar-refractivity contribution in [3.05, 3.63) is 42.2 Å². The second-order valence-electron chi connectivity index (χ2n) is 3.73. The summed E-state index contributed by atoms with van der Waals surface area (Å²) in [4.78, 5) is 19.4. The Balaban J connectivity index is 2.12. The third-order valence-corrected chi connectivity index (χ3v) is 2.50. The number of hydrogen-bond acceptors (Lipinski definition) is 6. The first-order valence-corrected chi connectivity index (χ1v) is 5.68. The quantitative estimate of drug-likeness (QED) is 0.817. The van der Waals surface area contributed by atoms with Crippen molar-refractivity contribution in [1.29, 1.82) is 0 Å². The molecule has 0 fully saturated rings. The molecule has 0 unspecified atom stereocenters. The molecule has 0 amide bonds. The Morgan fingerprint density at radius 3 is 2.47 bits per heavy atom. The second-order valence-corrected chi connectivity index (χ2v) is 3.73. The molecule has 2 N–H and O–H groups in total. The SMILES string of the molecule is CNc1cc(Nc2ccc(C(=O)OC)cc2)ncn1. The molecule has 0 saturated carbocycles. The summed E-state index contributed by atoms with van der Waals surface area (Å²) in [7, 11) is 3.14. The third-order valence-electron chi connectivity index (χ3n) is 2.50. The topological polar surface area (TPSA) is 76.1 Å². The lowest BCUT2D eigenvalue weighted by Crippen LogP contribution is -2.01. The van der Waals surface area contributed by atoms with Crippen molar-refractivity contribution in [3.8, 4) is 0 Å². The lowest BCUT2D eigenvalue weighted by molar-refractivity contribution is 0.0601. The van der Waals surface area contributed by atoms with Gasteiger partial charge in [-0.15, -0.1) is 0 Å². The van der Waals surface area contributed by atoms with Crippen molar-refractivity contribution in [2.45, 2.75) is 0 Å². The molecule has 0 spiro atoms. The summed E-state index contributed by atoms with van der Waals surface area (Å²) in [6.07, 6.45) is 1.47. The van der Waals surface area contributed by atoms with Gasteiger partial charge in [0.15, 0.2) is 0 Å². The van der Waals surface area contributed by atoms with Crippen LogP contribution in [0.4, 0.5) is 17.3 Å². The minimum atomic E-state index is -0.356. The van der Waals surface area contributed by atoms with E-state index in [1.807, 2.05) is 0 Å². The minimum Gasteiger partial charge on any atom is -0.465 e. The van der Waals surface area contributed by atoms with E-state index in [0.717, 1.165) is 11.5 Å². The van der Waals surface area contributed by atoms with Gasteiger partial charge in [0.05, 0.1) is 12.7 Å². The molecule has 1 heterocycles. The van der Waals surface area contributed by atoms with Gasteiger partial charge in [-0.2, -0.15) is 0 Å². The molecule has 2 aromatic rings. The molecule has 6 nitrogen and oxygen atoms in total. The van der Waals surface area contributed by atoms with Gasteiger partial charge in [-0.1, -0.05) is 0 Å². The summed E-state index contributed by atoms with van der Waals surface area (Å²) in [5, 5.41) is 6.05. The Bertz CT molecular complexity index is 569. The molecule has 0 atom stereocenters. The van der Waals surface area contributed by atoms with Crippen LogP contribution < -0.4 is 10.6 Å². The number of nitrogens with zero attached hydrogens (tertiary/aromatic N) is 2. The summed E-state index contributed by atoms with van der Waals surface area (Å²) in [5.74, 6) is 1.04. The van der Waals surface area contributed by atoms with Crippen LogP contribution in [0.25, 0.3) is 0 Å². The molecule has 0 aliphatic heterocycles. The van der Waals surface area contributed by atoms with Crippen LogP contribution in [0.2, 0.25) is 0 Å². The van der Waals surface area contributed by atoms with Crippen molar-refractivity contribution in [2.24, 2.45) is 0 Å². The molecule has 0 radical (unpaired) electrons. The van der Waals surface area contributed by atoms with Crippen molar-refractivity contribution in [1.82, 2.24) is 9.97 Å². The molecule has 0 aliphatic carbocycles. The van der Waals surface area contributed by atoms with E-state index < -0.39 is 0 Å². The lowest BCUT2D eigenvalue weighted by Gasteiger charge is -2.07. The van der Waals surface area contributed by atoms with Crippen LogP contribution in [0, 0.1) is 0 Å². The van der Waals surface area contributed by atoms with E-state index in [1.54, 1.807) is 37.4 Å². The number of carbonyl (C=O) groups is 1. The van der Waals surface area contributed by atoms with Crippen LogP contribution in [-0.4, -0.2) is 30.1 Å². The highest BCUT2D eigenvalue weighted by Crippen LogP contribution is 2.16. The number of nitrogens with one attached hydrogen (secondary N) is 2. The van der Waals surface area contributed by atoms with E-state index >= 15 is 0 Å². The molecule has 6 heteroatoms. The second kappa shape index (κ2) is 5.81. The molecule has 19 heavy (non-hydrogen) atoms. The number of hydrogen-bond donors (Lipinski definition) is 2. The first kappa shape index (κ1) is 12.8. The van der Waals surface area contributed by atoms with Crippen LogP contribution in [-0.2, 0) is 4.74 Å². The normalized spacial score (nSPS) is 9.79. The number of benzene rings is 1. The highest BCUT2D eigenvalue weighted by atomic mass is 16.5. The van der Waals surface area contributed by atoms with Gasteiger partial charge in [0.25, 0.3) is 0 Å². The maximum Gasteiger partial charge on any atom is 0.337 e. The van der Waals surface area contributed by atoms with Gasteiger partial charge in [-0.3, -0.25) is 0 Å². The number of esters is 1. The molecular formula is C13H14N4O2. The highest BCUT2D eigenvalue weighted by molar-refractivity contribution is 5.89. The molecule has 1 aromatic carbocycles. The zero-order valence-corrected chi connectivity index (χ0v) is 10.7. The lowest BCUT2D eigenvalue weighted by atomic mass is 10.2. The van der Waals surface area contributed by atoms with Crippen LogP contribution in [0.5, 0.6) is 0 Å². The standard InChI is InChI=1S/C13H14N4O2/c1-14-11-7-12(16-8-15-11)17-10-5-3-9(4-6-10)13(18)19-2/h3-8H,1-2H3,(H2,14,15,16,17). The van der Waals surface area contributed by atoms with Gasteiger partial charge >= 0.3 is 5.97 Å². The number of rotatable bonds is 4. The smallest absolute Gasteiger partial charge is 0.337 e. The zero-order chi connectivity index (χ0) is 13.7. The minimum absolute atomic E-state index is 0.356. The average Bonchev–Trinajstić information content (AvgIpc) is 2.47. The first-order valence-electron chi connectivity index (χ1n) is 5.68. The van der Waals surface area contributed by atoms with Crippen molar-refractivity contribution < 1.29 is 9.53 Å². The van der Waals surface area contributed by atoms with Gasteiger partial charge in [-0.05, 0) is 24.3 Å². The Labute approximate surface area is 110 Å². The zero-order valence-electron chi connectivity index (χ0n) is 10.7. The van der Waals surface area contributed by atoms with E-state index in [-0.39, 0.29) is 5.97 Å². The van der Waals surface area contributed by atoms with Crippen LogP contribution in [0.15, 0.2) is 36.7 Å². The highest BCUT2D eigenvalue weighted by Gasteiger charge is 2.04. The number of ether oxygens (including phenoxy) is 1. The Morgan fingerprint density at radius 2 is 1.84 bits per heavy atom. The fraction of sp³-hybridized carbons (Fsp3) is 0.154. The summed E-state index contributed by atoms with van der Waals surface area (Å²) in [5.41, 5.74) is 1.33. The predicted molar refractivity (Wildman–Crippen MR) is 72.6 cm³/mol. The summed E-state index contributed by atoms with van der Waals surface area (Å²) in [6.45, 7) is 0. The maximum absolute atomic E-state index is 11.3. The summed E-state index contributed by atoms with van der Waals surface area (Å²) in [6, 6.07) is 8.73. The Hall–Kier alpha value is -2.63. The first-order chi connectivity index (χ1) is 9.22. The molecule has 0 saturated heterocycles. The third kappa shape index (κ3) is 3.19. The molecule has 0 bridgehead atoms. The maximum atomic E-state index is 11.3. The summed E-state index contributed by atoms with van der Waals surface area (Å²) < 4.78 is 4.64. The fourth-order valence-corrected chi connectivity index (χ4v) is 1.52. The monoisotopic (exact) mass is 258 g/mol. The van der Waals surface area contributed by atoms with E-state index in [9.17, 15) is 4.79 Å². The summed E-state index contributed by atoms with van der Waals surface area (Å²) >= 11 is 0. The van der Waals surface area contributed by atoms with E-state index in [1.165, 1.54) is 13.4 Å². The van der Waals surface area contributed by atoms with Crippen LogP contribution in [0.1, 0.15) is 10.4 Å². The van der Waals surface area contributed by atoms with E-state index in [0.29, 0.717) is 11.4 Å². The van der Waals surface area contributed by atoms with Crippen LogP contribution >= 0.6 is 0 Å².